The van der Waals surface area contributed by atoms with Crippen LogP contribution in [0.4, 0.5) is 0 Å². The molecule has 0 aromatic carbocycles. The molecule has 0 aliphatic heterocycles. The van der Waals surface area contributed by atoms with Gasteiger partial charge in [0.05, 0.1) is 18.8 Å². The van der Waals surface area contributed by atoms with E-state index in [0.717, 1.165) is 64.2 Å². The van der Waals surface area contributed by atoms with Gasteiger partial charge in [0.2, 0.25) is 5.91 Å². The fourth-order valence-corrected chi connectivity index (χ4v) is 7.44. The molecule has 4 heteroatoms. The second-order valence-electron chi connectivity index (χ2n) is 17.2. The first-order valence-corrected chi connectivity index (χ1v) is 25.8. The van der Waals surface area contributed by atoms with Crippen LogP contribution in [0.25, 0.3) is 0 Å². The lowest BCUT2D eigenvalue weighted by atomic mass is 10.0. The van der Waals surface area contributed by atoms with E-state index in [0.29, 0.717) is 6.42 Å². The fourth-order valence-electron chi connectivity index (χ4n) is 7.44. The molecule has 0 saturated heterocycles. The van der Waals surface area contributed by atoms with Crippen LogP contribution in [0.1, 0.15) is 245 Å². The number of aliphatic hydroxyl groups is 2. The highest BCUT2D eigenvalue weighted by atomic mass is 16.3. The van der Waals surface area contributed by atoms with E-state index in [1.54, 1.807) is 6.08 Å². The van der Waals surface area contributed by atoms with Gasteiger partial charge >= 0.3 is 0 Å². The van der Waals surface area contributed by atoms with Crippen LogP contribution in [0.2, 0.25) is 0 Å². The predicted octanol–water partition coefficient (Wildman–Crippen LogP) is 16.8. The van der Waals surface area contributed by atoms with Gasteiger partial charge in [-0.25, -0.2) is 0 Å². The molecule has 3 N–H and O–H groups in total. The third-order valence-electron chi connectivity index (χ3n) is 11.3. The van der Waals surface area contributed by atoms with Crippen LogP contribution in [-0.4, -0.2) is 34.9 Å². The van der Waals surface area contributed by atoms with Crippen molar-refractivity contribution in [1.29, 1.82) is 0 Å². The zero-order valence-corrected chi connectivity index (χ0v) is 39.7. The van der Waals surface area contributed by atoms with Gasteiger partial charge in [-0.15, -0.1) is 0 Å². The second-order valence-corrected chi connectivity index (χ2v) is 17.2. The first kappa shape index (κ1) is 57.6. The van der Waals surface area contributed by atoms with Crippen LogP contribution in [0, 0.1) is 0 Å². The smallest absolute Gasteiger partial charge is 0.220 e. The Morgan fingerprint density at radius 2 is 0.750 bits per heavy atom. The second kappa shape index (κ2) is 50.9. The van der Waals surface area contributed by atoms with Gasteiger partial charge in [0.1, 0.15) is 0 Å². The normalized spacial score (nSPS) is 13.6. The van der Waals surface area contributed by atoms with Crippen molar-refractivity contribution in [3.05, 3.63) is 85.1 Å². The topological polar surface area (TPSA) is 69.6 Å². The van der Waals surface area contributed by atoms with E-state index in [4.69, 9.17) is 0 Å². The molecule has 346 valence electrons. The minimum absolute atomic E-state index is 0.0821. The number of carbonyl (C=O) groups is 1. The Bertz CT molecular complexity index is 1080. The molecule has 2 unspecified atom stereocenters. The Morgan fingerprint density at radius 3 is 1.17 bits per heavy atom. The van der Waals surface area contributed by atoms with Crippen molar-refractivity contribution in [1.82, 2.24) is 5.32 Å². The van der Waals surface area contributed by atoms with Crippen LogP contribution < -0.4 is 5.32 Å². The summed E-state index contributed by atoms with van der Waals surface area (Å²) in [6.07, 6.45) is 74.3. The average Bonchev–Trinajstić information content (AvgIpc) is 3.25. The molecule has 0 radical (unpaired) electrons. The quantitative estimate of drug-likeness (QED) is 0.0423. The largest absolute Gasteiger partial charge is 0.394 e. The summed E-state index contributed by atoms with van der Waals surface area (Å²) in [4.78, 5) is 12.4. The minimum atomic E-state index is -0.876. The molecule has 4 nitrogen and oxygen atoms in total. The minimum Gasteiger partial charge on any atom is -0.394 e. The third-order valence-corrected chi connectivity index (χ3v) is 11.3. The lowest BCUT2D eigenvalue weighted by Gasteiger charge is -2.19. The number of rotatable bonds is 46. The maximum absolute atomic E-state index is 12.4. The summed E-state index contributed by atoms with van der Waals surface area (Å²) in [6, 6.07) is -0.652. The fraction of sp³-hybridized carbons (Fsp3) is 0.732. The van der Waals surface area contributed by atoms with E-state index in [2.05, 4.69) is 92.1 Å². The zero-order valence-electron chi connectivity index (χ0n) is 39.7. The molecule has 0 bridgehead atoms. The summed E-state index contributed by atoms with van der Waals surface area (Å²) < 4.78 is 0. The molecular formula is C56H99NO3. The van der Waals surface area contributed by atoms with E-state index < -0.39 is 12.1 Å². The highest BCUT2D eigenvalue weighted by Gasteiger charge is 2.17. The summed E-state index contributed by atoms with van der Waals surface area (Å²) in [5.41, 5.74) is 0. The molecule has 0 spiro atoms. The lowest BCUT2D eigenvalue weighted by Crippen LogP contribution is -2.45. The summed E-state index contributed by atoms with van der Waals surface area (Å²) in [7, 11) is 0. The number of amides is 1. The van der Waals surface area contributed by atoms with Crippen molar-refractivity contribution in [2.24, 2.45) is 0 Å². The summed E-state index contributed by atoms with van der Waals surface area (Å²) in [5, 5.41) is 23.1. The summed E-state index contributed by atoms with van der Waals surface area (Å²) in [6.45, 7) is 4.19. The molecule has 1 amide bonds. The van der Waals surface area contributed by atoms with Crippen molar-refractivity contribution in [3.8, 4) is 0 Å². The van der Waals surface area contributed by atoms with E-state index in [1.165, 1.54) is 161 Å². The number of aliphatic hydroxyl groups excluding tert-OH is 2. The molecule has 0 rings (SSSR count). The number of unbranched alkanes of at least 4 members (excludes halogenated alkanes) is 27. The lowest BCUT2D eigenvalue weighted by molar-refractivity contribution is -0.123. The van der Waals surface area contributed by atoms with Crippen molar-refractivity contribution in [2.75, 3.05) is 6.61 Å². The summed E-state index contributed by atoms with van der Waals surface area (Å²) in [5.74, 6) is -0.0821. The van der Waals surface area contributed by atoms with E-state index in [9.17, 15) is 15.0 Å². The number of nitrogens with one attached hydrogen (secondary N) is 1. The number of carbonyl (C=O) groups excluding carboxylic acids is 1. The van der Waals surface area contributed by atoms with Crippen LogP contribution in [0.3, 0.4) is 0 Å². The van der Waals surface area contributed by atoms with Gasteiger partial charge < -0.3 is 15.5 Å². The highest BCUT2D eigenvalue weighted by molar-refractivity contribution is 5.76. The Hall–Kier alpha value is -2.43. The van der Waals surface area contributed by atoms with Crippen molar-refractivity contribution >= 4 is 5.91 Å². The van der Waals surface area contributed by atoms with Crippen LogP contribution in [0.5, 0.6) is 0 Å². The Balaban J connectivity index is 3.61. The first-order chi connectivity index (χ1) is 29.7. The Kier molecular flexibility index (Phi) is 48.9. The molecular weight excluding hydrogens is 735 g/mol. The zero-order chi connectivity index (χ0) is 43.5. The van der Waals surface area contributed by atoms with E-state index in [1.807, 2.05) is 6.08 Å². The van der Waals surface area contributed by atoms with Crippen LogP contribution in [0.15, 0.2) is 85.1 Å². The van der Waals surface area contributed by atoms with Gasteiger partial charge in [-0.3, -0.25) is 4.79 Å². The first-order valence-electron chi connectivity index (χ1n) is 25.8. The summed E-state index contributed by atoms with van der Waals surface area (Å²) >= 11 is 0. The van der Waals surface area contributed by atoms with Crippen LogP contribution >= 0.6 is 0 Å². The Morgan fingerprint density at radius 1 is 0.417 bits per heavy atom. The number of hydrogen-bond donors (Lipinski definition) is 3. The number of allylic oxidation sites excluding steroid dienone is 13. The highest BCUT2D eigenvalue weighted by Crippen LogP contribution is 2.15. The molecule has 0 aliphatic carbocycles. The maximum atomic E-state index is 12.4. The molecule has 0 aromatic heterocycles. The van der Waals surface area contributed by atoms with Crippen LogP contribution in [-0.2, 0) is 4.79 Å². The number of hydrogen-bond acceptors (Lipinski definition) is 3. The van der Waals surface area contributed by atoms with Gasteiger partial charge in [-0.05, 0) is 83.5 Å². The van der Waals surface area contributed by atoms with Gasteiger partial charge in [0.15, 0.2) is 0 Å². The third kappa shape index (κ3) is 46.6. The molecule has 0 fully saturated rings. The van der Waals surface area contributed by atoms with Gasteiger partial charge in [-0.2, -0.15) is 0 Å². The van der Waals surface area contributed by atoms with E-state index in [-0.39, 0.29) is 12.5 Å². The molecule has 2 atom stereocenters. The monoisotopic (exact) mass is 834 g/mol. The molecule has 60 heavy (non-hydrogen) atoms. The average molecular weight is 834 g/mol. The van der Waals surface area contributed by atoms with E-state index >= 15 is 0 Å². The van der Waals surface area contributed by atoms with Gasteiger partial charge in [0, 0.05) is 6.42 Å². The Labute approximate surface area is 373 Å². The SMILES string of the molecule is CC/C=C\C/C=C\C/C=C\C/C=C\CCCCCCCCCCCCCCC(=O)NC(CO)C(O)/C=C/CC/C=C/CC/C=C/CCCCCCCCCCCCCCC. The molecule has 0 heterocycles. The maximum Gasteiger partial charge on any atom is 0.220 e. The predicted molar refractivity (Wildman–Crippen MR) is 267 cm³/mol. The van der Waals surface area contributed by atoms with Gasteiger partial charge in [-0.1, -0.05) is 240 Å². The van der Waals surface area contributed by atoms with Crippen molar-refractivity contribution < 1.29 is 15.0 Å². The van der Waals surface area contributed by atoms with Crippen molar-refractivity contribution in [3.63, 3.8) is 0 Å². The molecule has 0 saturated carbocycles. The standard InChI is InChI=1S/C56H99NO3/c1-3-5-7-9-11-13-15-17-19-21-23-25-27-28-30-32-34-36-38-40-42-44-46-48-50-52-56(60)57-54(53-58)55(59)51-49-47-45-43-41-39-37-35-33-31-29-26-24-22-20-18-16-14-12-10-8-6-4-2/h5,7,11,13,17,19,23,25,33,35,41,43,49,51,54-55,58-59H,3-4,6,8-10,12,14-16,18,20-22,24,26-32,34,36-40,42,44-48,50,52-53H2,1-2H3,(H,57,60)/b7-5-,13-11-,19-17-,25-23-,35-33+,43-41+,51-49+. The molecule has 0 aromatic rings. The van der Waals surface area contributed by atoms with Crippen molar-refractivity contribution in [2.45, 2.75) is 257 Å². The molecule has 0 aliphatic rings. The van der Waals surface area contributed by atoms with Gasteiger partial charge in [0.25, 0.3) is 0 Å².